The van der Waals surface area contributed by atoms with Gasteiger partial charge in [0.2, 0.25) is 5.90 Å². The molecule has 136 valence electrons. The van der Waals surface area contributed by atoms with E-state index in [9.17, 15) is 0 Å². The summed E-state index contributed by atoms with van der Waals surface area (Å²) in [6.07, 6.45) is 2.44. The molecule has 0 aliphatic heterocycles. The van der Waals surface area contributed by atoms with Gasteiger partial charge in [-0.3, -0.25) is 0 Å². The van der Waals surface area contributed by atoms with Crippen LogP contribution in [0.25, 0.3) is 0 Å². The Morgan fingerprint density at radius 3 is 2.00 bits per heavy atom. The Balaban J connectivity index is 1.92. The van der Waals surface area contributed by atoms with Crippen LogP contribution in [0.5, 0.6) is 11.5 Å². The maximum absolute atomic E-state index is 6.09. The molecular weight excluding hydrogens is 334 g/mol. The minimum absolute atomic E-state index is 0.531. The largest absolute Gasteiger partial charge is 0.465 e. The number of hydrogen-bond donors (Lipinski definition) is 0. The van der Waals surface area contributed by atoms with Gasteiger partial charge in [0.05, 0.1) is 11.9 Å². The summed E-state index contributed by atoms with van der Waals surface area (Å²) in [5, 5.41) is 0. The van der Waals surface area contributed by atoms with Gasteiger partial charge in [0.15, 0.2) is 0 Å². The van der Waals surface area contributed by atoms with Gasteiger partial charge < -0.3 is 9.47 Å². The van der Waals surface area contributed by atoms with Crippen molar-refractivity contribution in [1.82, 2.24) is 0 Å². The molecule has 0 atom stereocenters. The molecule has 0 aliphatic rings. The predicted octanol–water partition coefficient (Wildman–Crippen LogP) is 6.48. The van der Waals surface area contributed by atoms with Crippen LogP contribution in [0, 0.1) is 6.92 Å². The van der Waals surface area contributed by atoms with E-state index < -0.39 is 0 Å². The molecule has 0 radical (unpaired) electrons. The van der Waals surface area contributed by atoms with Crippen LogP contribution in [0.4, 0.5) is 5.69 Å². The lowest BCUT2D eigenvalue weighted by atomic mass is 10.2. The molecule has 0 aromatic heterocycles. The molecule has 3 heteroatoms. The van der Waals surface area contributed by atoms with Crippen LogP contribution in [0.3, 0.4) is 0 Å². The molecule has 0 spiro atoms. The third-order valence-electron chi connectivity index (χ3n) is 3.96. The fourth-order valence-electron chi connectivity index (χ4n) is 2.42. The van der Waals surface area contributed by atoms with Crippen molar-refractivity contribution in [3.05, 3.63) is 102 Å². The molecule has 3 aromatic carbocycles. The second kappa shape index (κ2) is 9.39. The Bertz CT molecular complexity index is 898. The maximum Gasteiger partial charge on any atom is 0.226 e. The summed E-state index contributed by atoms with van der Waals surface area (Å²) in [5.74, 6) is 2.05. The van der Waals surface area contributed by atoms with Crippen LogP contribution in [0.2, 0.25) is 0 Å². The summed E-state index contributed by atoms with van der Waals surface area (Å²) in [7, 11) is 0. The van der Waals surface area contributed by atoms with Gasteiger partial charge in [0.1, 0.15) is 11.5 Å². The Morgan fingerprint density at radius 2 is 1.41 bits per heavy atom. The summed E-state index contributed by atoms with van der Waals surface area (Å²) in [6.45, 7) is 4.11. The van der Waals surface area contributed by atoms with E-state index in [2.05, 4.69) is 13.8 Å². The van der Waals surface area contributed by atoms with Crippen LogP contribution < -0.4 is 9.47 Å². The average Bonchev–Trinajstić information content (AvgIpc) is 2.71. The quantitative estimate of drug-likeness (QED) is 0.287. The zero-order valence-corrected chi connectivity index (χ0v) is 15.6. The predicted molar refractivity (Wildman–Crippen MR) is 111 cm³/mol. The molecule has 0 amide bonds. The number of nitrogens with zero attached hydrogens (tertiary/aromatic N) is 1. The zero-order valence-electron chi connectivity index (χ0n) is 15.6. The lowest BCUT2D eigenvalue weighted by molar-refractivity contribution is 0.471. The van der Waals surface area contributed by atoms with Gasteiger partial charge in [0.25, 0.3) is 0 Å². The molecule has 0 saturated heterocycles. The van der Waals surface area contributed by atoms with E-state index in [0.29, 0.717) is 5.90 Å². The molecule has 0 N–H and O–H groups in total. The zero-order chi connectivity index (χ0) is 18.9. The van der Waals surface area contributed by atoms with Gasteiger partial charge >= 0.3 is 0 Å². The number of hydrogen-bond acceptors (Lipinski definition) is 3. The number of ether oxygens (including phenoxy) is 2. The number of benzene rings is 3. The fraction of sp³-hybridized carbons (Fsp3) is 0.125. The highest BCUT2D eigenvalue weighted by Gasteiger charge is 2.10. The second-order valence-electron chi connectivity index (χ2n) is 6.10. The first-order chi connectivity index (χ1) is 13.2. The standard InChI is InChI=1S/C24H23NO2/c1-3-20(18-26-22-10-6-4-7-11-22)24(27-23-12-8-5-9-13-23)25-21-16-14-19(2)15-17-21/h4-18H,3H2,1-2H3/b20-18+,25-24-. The van der Waals surface area contributed by atoms with E-state index >= 15 is 0 Å². The Labute approximate surface area is 160 Å². The molecule has 3 aromatic rings. The van der Waals surface area contributed by atoms with Crippen LogP contribution in [0.15, 0.2) is 102 Å². The van der Waals surface area contributed by atoms with Crippen molar-refractivity contribution in [3.63, 3.8) is 0 Å². The lowest BCUT2D eigenvalue weighted by Crippen LogP contribution is -2.12. The lowest BCUT2D eigenvalue weighted by Gasteiger charge is -2.12. The van der Waals surface area contributed by atoms with Gasteiger partial charge in [-0.25, -0.2) is 4.99 Å². The van der Waals surface area contributed by atoms with E-state index in [1.165, 1.54) is 5.56 Å². The first-order valence-electron chi connectivity index (χ1n) is 9.04. The molecule has 27 heavy (non-hydrogen) atoms. The van der Waals surface area contributed by atoms with Crippen molar-refractivity contribution < 1.29 is 9.47 Å². The van der Waals surface area contributed by atoms with Gasteiger partial charge in [-0.1, -0.05) is 61.0 Å². The first kappa shape index (κ1) is 18.5. The number of rotatable bonds is 6. The van der Waals surface area contributed by atoms with Crippen LogP contribution in [0.1, 0.15) is 18.9 Å². The Kier molecular flexibility index (Phi) is 6.42. The number of aryl methyl sites for hydroxylation is 1. The van der Waals surface area contributed by atoms with E-state index in [1.54, 1.807) is 6.26 Å². The summed E-state index contributed by atoms with van der Waals surface area (Å²) in [6, 6.07) is 27.4. The summed E-state index contributed by atoms with van der Waals surface area (Å²) in [5.41, 5.74) is 2.91. The SMILES string of the molecule is CCC(=C\Oc1ccccc1)/C(=N/c1ccc(C)cc1)Oc1ccccc1. The third kappa shape index (κ3) is 5.58. The maximum atomic E-state index is 6.09. The molecule has 3 nitrogen and oxygen atoms in total. The van der Waals surface area contributed by atoms with E-state index in [4.69, 9.17) is 14.5 Å². The van der Waals surface area contributed by atoms with Crippen molar-refractivity contribution >= 4 is 11.6 Å². The molecule has 0 bridgehead atoms. The smallest absolute Gasteiger partial charge is 0.226 e. The first-order valence-corrected chi connectivity index (χ1v) is 9.04. The molecule has 3 rings (SSSR count). The van der Waals surface area contributed by atoms with Gasteiger partial charge in [-0.15, -0.1) is 0 Å². The van der Waals surface area contributed by atoms with Crippen molar-refractivity contribution in [1.29, 1.82) is 0 Å². The summed E-state index contributed by atoms with van der Waals surface area (Å²) in [4.78, 5) is 4.72. The monoisotopic (exact) mass is 357 g/mol. The minimum Gasteiger partial charge on any atom is -0.465 e. The molecule has 0 saturated carbocycles. The van der Waals surface area contributed by atoms with E-state index in [0.717, 1.165) is 29.2 Å². The minimum atomic E-state index is 0.531. The molecule has 0 aliphatic carbocycles. The van der Waals surface area contributed by atoms with Crippen LogP contribution in [-0.4, -0.2) is 5.90 Å². The van der Waals surface area contributed by atoms with Crippen LogP contribution in [-0.2, 0) is 0 Å². The van der Waals surface area contributed by atoms with Crippen molar-refractivity contribution in [3.8, 4) is 11.5 Å². The third-order valence-corrected chi connectivity index (χ3v) is 3.96. The Hall–Kier alpha value is -3.33. The second-order valence-corrected chi connectivity index (χ2v) is 6.10. The van der Waals surface area contributed by atoms with E-state index in [1.807, 2.05) is 84.9 Å². The van der Waals surface area contributed by atoms with Crippen molar-refractivity contribution in [2.24, 2.45) is 4.99 Å². The summed E-state index contributed by atoms with van der Waals surface area (Å²) >= 11 is 0. The highest BCUT2D eigenvalue weighted by Crippen LogP contribution is 2.20. The molecule has 0 unspecified atom stereocenters. The molecule has 0 heterocycles. The van der Waals surface area contributed by atoms with Crippen LogP contribution >= 0.6 is 0 Å². The summed E-state index contributed by atoms with van der Waals surface area (Å²) < 4.78 is 11.9. The number of para-hydroxylation sites is 2. The molecule has 0 fully saturated rings. The normalized spacial score (nSPS) is 11.9. The van der Waals surface area contributed by atoms with Crippen molar-refractivity contribution in [2.75, 3.05) is 0 Å². The van der Waals surface area contributed by atoms with E-state index in [-0.39, 0.29) is 0 Å². The topological polar surface area (TPSA) is 30.8 Å². The van der Waals surface area contributed by atoms with Crippen molar-refractivity contribution in [2.45, 2.75) is 20.3 Å². The highest BCUT2D eigenvalue weighted by atomic mass is 16.5. The van der Waals surface area contributed by atoms with Gasteiger partial charge in [-0.05, 0) is 49.7 Å². The Morgan fingerprint density at radius 1 is 0.815 bits per heavy atom. The highest BCUT2D eigenvalue weighted by molar-refractivity contribution is 5.96. The fourth-order valence-corrected chi connectivity index (χ4v) is 2.42. The van der Waals surface area contributed by atoms with Gasteiger partial charge in [0, 0.05) is 5.57 Å². The average molecular weight is 357 g/mol. The number of aliphatic imine (C=N–C) groups is 1. The van der Waals surface area contributed by atoms with Gasteiger partial charge in [-0.2, -0.15) is 0 Å². The molecular formula is C24H23NO2.